The third kappa shape index (κ3) is 4.13. The second kappa shape index (κ2) is 9.45. The first-order valence-electron chi connectivity index (χ1n) is 13.1. The van der Waals surface area contributed by atoms with Gasteiger partial charge in [-0.25, -0.2) is 4.68 Å². The molecule has 3 aromatic carbocycles. The van der Waals surface area contributed by atoms with Crippen molar-refractivity contribution in [1.29, 1.82) is 0 Å². The molecule has 0 radical (unpaired) electrons. The minimum Gasteiger partial charge on any atom is -0.369 e. The lowest BCUT2D eigenvalue weighted by Gasteiger charge is -2.44. The van der Waals surface area contributed by atoms with E-state index in [1.165, 1.54) is 11.3 Å². The van der Waals surface area contributed by atoms with Crippen LogP contribution in [0.1, 0.15) is 22.9 Å². The Bertz CT molecular complexity index is 1640. The first kappa shape index (κ1) is 23.2. The number of para-hydroxylation sites is 2. The number of aliphatic imine (C=N–C) groups is 1. The normalized spacial score (nSPS) is 18.4. The summed E-state index contributed by atoms with van der Waals surface area (Å²) in [5.41, 5.74) is 20.7. The maximum Gasteiger partial charge on any atom is 0.199 e. The molecule has 0 spiro atoms. The van der Waals surface area contributed by atoms with Gasteiger partial charge >= 0.3 is 0 Å². The van der Waals surface area contributed by atoms with E-state index in [0.29, 0.717) is 18.3 Å². The molecule has 2 aliphatic rings. The van der Waals surface area contributed by atoms with Crippen molar-refractivity contribution in [2.24, 2.45) is 16.5 Å². The molecule has 2 unspecified atom stereocenters. The molecule has 5 N–H and O–H groups in total. The smallest absolute Gasteiger partial charge is 0.199 e. The van der Waals surface area contributed by atoms with Gasteiger partial charge in [0.05, 0.1) is 29.2 Å². The number of H-pyrrole nitrogens is 1. The standard InChI is InChI=1S/C30H29N9/c31-28-25-16-33-35-29(25)34-30(32)39(28)24-15-21-11-7-8-14-26(21)37(19-24)17-22-18-38(23-12-5-2-6-13-23)36-27(22)20-9-3-1-4-10-20/h1-14,16,18,24,28H,15,17,19,31H2,(H3,32,33,34,35). The number of nitrogens with zero attached hydrogens (tertiary/aromatic N) is 6. The molecule has 2 atom stereocenters. The van der Waals surface area contributed by atoms with Gasteiger partial charge in [0.25, 0.3) is 0 Å². The van der Waals surface area contributed by atoms with Crippen LogP contribution in [-0.4, -0.2) is 43.4 Å². The molecule has 39 heavy (non-hydrogen) atoms. The fourth-order valence-corrected chi connectivity index (χ4v) is 5.76. The molecule has 4 heterocycles. The largest absolute Gasteiger partial charge is 0.369 e. The average molecular weight is 516 g/mol. The molecule has 0 amide bonds. The minimum atomic E-state index is -0.422. The van der Waals surface area contributed by atoms with Crippen LogP contribution in [0.15, 0.2) is 102 Å². The van der Waals surface area contributed by atoms with Gasteiger partial charge in [0.1, 0.15) is 6.17 Å². The average Bonchev–Trinajstić information content (AvgIpc) is 3.62. The molecule has 7 rings (SSSR count). The Morgan fingerprint density at radius 3 is 2.49 bits per heavy atom. The number of nitrogens with two attached hydrogens (primary N) is 2. The molecule has 5 aromatic rings. The Labute approximate surface area is 226 Å². The molecule has 0 saturated carbocycles. The Hall–Kier alpha value is -4.89. The van der Waals surface area contributed by atoms with Crippen LogP contribution in [0.25, 0.3) is 16.9 Å². The van der Waals surface area contributed by atoms with Crippen LogP contribution in [0, 0.1) is 0 Å². The number of guanidine groups is 1. The lowest BCUT2D eigenvalue weighted by Crippen LogP contribution is -2.56. The molecule has 0 bridgehead atoms. The van der Waals surface area contributed by atoms with Crippen LogP contribution < -0.4 is 16.4 Å². The van der Waals surface area contributed by atoms with Crippen molar-refractivity contribution in [3.63, 3.8) is 0 Å². The van der Waals surface area contributed by atoms with Crippen LogP contribution in [0.2, 0.25) is 0 Å². The zero-order valence-electron chi connectivity index (χ0n) is 21.4. The van der Waals surface area contributed by atoms with Gasteiger partial charge in [0, 0.05) is 36.1 Å². The van der Waals surface area contributed by atoms with Crippen molar-refractivity contribution >= 4 is 17.5 Å². The Balaban J connectivity index is 1.27. The van der Waals surface area contributed by atoms with Crippen molar-refractivity contribution in [1.82, 2.24) is 24.9 Å². The van der Waals surface area contributed by atoms with Gasteiger partial charge in [-0.2, -0.15) is 15.2 Å². The van der Waals surface area contributed by atoms with Crippen molar-refractivity contribution < 1.29 is 0 Å². The summed E-state index contributed by atoms with van der Waals surface area (Å²) in [5.74, 6) is 1.04. The predicted molar refractivity (Wildman–Crippen MR) is 153 cm³/mol. The van der Waals surface area contributed by atoms with Gasteiger partial charge in [-0.1, -0.05) is 66.7 Å². The van der Waals surface area contributed by atoms with E-state index < -0.39 is 6.17 Å². The molecule has 0 fully saturated rings. The van der Waals surface area contributed by atoms with Crippen molar-refractivity contribution in [3.8, 4) is 16.9 Å². The van der Waals surface area contributed by atoms with Gasteiger partial charge in [-0.05, 0) is 30.2 Å². The number of aromatic nitrogens is 4. The zero-order chi connectivity index (χ0) is 26.3. The molecule has 9 heteroatoms. The zero-order valence-corrected chi connectivity index (χ0v) is 21.4. The molecule has 9 nitrogen and oxygen atoms in total. The number of aromatic amines is 1. The van der Waals surface area contributed by atoms with Gasteiger partial charge in [-0.15, -0.1) is 0 Å². The molecular weight excluding hydrogens is 486 g/mol. The number of rotatable bonds is 5. The summed E-state index contributed by atoms with van der Waals surface area (Å²) in [4.78, 5) is 9.00. The minimum absolute atomic E-state index is 0.0334. The maximum absolute atomic E-state index is 6.72. The van der Waals surface area contributed by atoms with Gasteiger partial charge < -0.3 is 21.3 Å². The van der Waals surface area contributed by atoms with Crippen LogP contribution >= 0.6 is 0 Å². The summed E-state index contributed by atoms with van der Waals surface area (Å²) in [6.07, 6.45) is 4.28. The van der Waals surface area contributed by atoms with E-state index >= 15 is 0 Å². The van der Waals surface area contributed by atoms with E-state index in [-0.39, 0.29) is 6.04 Å². The Morgan fingerprint density at radius 1 is 0.923 bits per heavy atom. The van der Waals surface area contributed by atoms with Gasteiger partial charge in [0.15, 0.2) is 11.8 Å². The topological polar surface area (TPSA) is 117 Å². The highest BCUT2D eigenvalue weighted by atomic mass is 15.4. The third-order valence-corrected chi connectivity index (χ3v) is 7.59. The van der Waals surface area contributed by atoms with Gasteiger partial charge in [0.2, 0.25) is 0 Å². The number of hydrogen-bond acceptors (Lipinski definition) is 7. The van der Waals surface area contributed by atoms with E-state index in [1.54, 1.807) is 6.20 Å². The summed E-state index contributed by atoms with van der Waals surface area (Å²) in [7, 11) is 0. The second-order valence-electron chi connectivity index (χ2n) is 10.0. The van der Waals surface area contributed by atoms with Crippen LogP contribution in [0.5, 0.6) is 0 Å². The second-order valence-corrected chi connectivity index (χ2v) is 10.0. The summed E-state index contributed by atoms with van der Waals surface area (Å²) in [6.45, 7) is 1.42. The Morgan fingerprint density at radius 2 is 1.67 bits per heavy atom. The highest BCUT2D eigenvalue weighted by Gasteiger charge is 2.37. The highest BCUT2D eigenvalue weighted by molar-refractivity contribution is 5.84. The number of anilines is 1. The Kier molecular flexibility index (Phi) is 5.63. The number of fused-ring (bicyclic) bond motifs is 2. The fourth-order valence-electron chi connectivity index (χ4n) is 5.76. The molecule has 2 aliphatic heterocycles. The lowest BCUT2D eigenvalue weighted by atomic mass is 9.95. The quantitative estimate of drug-likeness (QED) is 0.324. The molecule has 0 aliphatic carbocycles. The fraction of sp³-hybridized carbons (Fsp3) is 0.167. The van der Waals surface area contributed by atoms with E-state index in [0.717, 1.165) is 41.0 Å². The maximum atomic E-state index is 6.72. The summed E-state index contributed by atoms with van der Waals surface area (Å²) in [6, 6.07) is 29.2. The number of nitrogens with one attached hydrogen (secondary N) is 1. The third-order valence-electron chi connectivity index (χ3n) is 7.59. The number of hydrogen-bond donors (Lipinski definition) is 3. The summed E-state index contributed by atoms with van der Waals surface area (Å²) < 4.78 is 1.97. The predicted octanol–water partition coefficient (Wildman–Crippen LogP) is 4.11. The summed E-state index contributed by atoms with van der Waals surface area (Å²) >= 11 is 0. The van der Waals surface area contributed by atoms with Gasteiger partial charge in [-0.3, -0.25) is 5.10 Å². The molecular formula is C30H29N9. The van der Waals surface area contributed by atoms with Crippen LogP contribution in [-0.2, 0) is 13.0 Å². The highest BCUT2D eigenvalue weighted by Crippen LogP contribution is 2.36. The summed E-state index contributed by atoms with van der Waals surface area (Å²) in [5, 5.41) is 12.1. The van der Waals surface area contributed by atoms with E-state index in [1.807, 2.05) is 33.8 Å². The van der Waals surface area contributed by atoms with Crippen LogP contribution in [0.3, 0.4) is 0 Å². The monoisotopic (exact) mass is 515 g/mol. The van der Waals surface area contributed by atoms with E-state index in [2.05, 4.69) is 87.0 Å². The molecule has 2 aromatic heterocycles. The molecule has 0 saturated heterocycles. The van der Waals surface area contributed by atoms with Crippen molar-refractivity contribution in [2.75, 3.05) is 11.4 Å². The first-order chi connectivity index (χ1) is 19.2. The van der Waals surface area contributed by atoms with E-state index in [9.17, 15) is 0 Å². The SMILES string of the molecule is NC1=Nc2[nH]ncc2C(N)N1C1Cc2ccccc2N(Cc2cn(-c3ccccc3)nc2-c2ccccc2)C1. The molecule has 194 valence electrons. The van der Waals surface area contributed by atoms with Crippen molar-refractivity contribution in [2.45, 2.75) is 25.2 Å². The number of benzene rings is 3. The lowest BCUT2D eigenvalue weighted by molar-refractivity contribution is 0.229. The van der Waals surface area contributed by atoms with Crippen LogP contribution in [0.4, 0.5) is 11.5 Å². The first-order valence-corrected chi connectivity index (χ1v) is 13.1. The van der Waals surface area contributed by atoms with Crippen molar-refractivity contribution in [3.05, 3.63) is 114 Å². The van der Waals surface area contributed by atoms with E-state index in [4.69, 9.17) is 16.6 Å².